The second-order valence-electron chi connectivity index (χ2n) is 7.66. The van der Waals surface area contributed by atoms with Crippen LogP contribution in [-0.2, 0) is 7.05 Å². The first-order chi connectivity index (χ1) is 14.7. The summed E-state index contributed by atoms with van der Waals surface area (Å²) in [7, 11) is 2.06. The zero-order valence-electron chi connectivity index (χ0n) is 17.9. The summed E-state index contributed by atoms with van der Waals surface area (Å²) >= 11 is 4.24. The number of aromatic nitrogens is 1. The Morgan fingerprint density at radius 3 is 2.80 bits per heavy atom. The Kier molecular flexibility index (Phi) is 8.52. The molecule has 1 aliphatic heterocycles. The van der Waals surface area contributed by atoms with Crippen molar-refractivity contribution in [3.63, 3.8) is 0 Å². The highest BCUT2D eigenvalue weighted by Crippen LogP contribution is 2.29. The Balaban J connectivity index is 1.59. The number of aryl methyl sites for hydroxylation is 1. The van der Waals surface area contributed by atoms with Crippen molar-refractivity contribution in [2.75, 3.05) is 30.3 Å². The molecular weight excluding hydrogens is 386 g/mol. The molecule has 1 aliphatic rings. The predicted octanol–water partition coefficient (Wildman–Crippen LogP) is 3.09. The molecule has 1 aromatic heterocycles. The summed E-state index contributed by atoms with van der Waals surface area (Å²) < 4.78 is 2.12. The number of rotatable bonds is 9. The molecule has 156 valence electrons. The standard InChI is InChI=1S/C26H31N3S/c1-3-23(14-17-27-16-6-20-30)24-15-19-29(21-24)26-12-9-22(10-13-26)8-11-25-7-4-5-18-28(25)2/h3-5,7-14,17-18,24H,1,6,15-16,19-21H2,2H3/p+2/b23-14+,27-17?. The minimum atomic E-state index is 0.531. The van der Waals surface area contributed by atoms with E-state index in [9.17, 15) is 0 Å². The SMILES string of the molecule is C=C/C(=C\C=[NH+]CCCS)C1CCN(c2ccc(/C=C/c3cccc[n+]3C)cc2)C1. The molecule has 2 heterocycles. The average molecular weight is 420 g/mol. The smallest absolute Gasteiger partial charge is 0.204 e. The van der Waals surface area contributed by atoms with Crippen molar-refractivity contribution in [3.05, 3.63) is 84.2 Å². The van der Waals surface area contributed by atoms with Gasteiger partial charge in [-0.05, 0) is 47.6 Å². The number of pyridine rings is 1. The van der Waals surface area contributed by atoms with Crippen LogP contribution in [0, 0.1) is 5.92 Å². The van der Waals surface area contributed by atoms with Gasteiger partial charge in [0.1, 0.15) is 13.6 Å². The summed E-state index contributed by atoms with van der Waals surface area (Å²) in [6.45, 7) is 7.11. The lowest BCUT2D eigenvalue weighted by molar-refractivity contribution is -0.673. The predicted molar refractivity (Wildman–Crippen MR) is 132 cm³/mol. The minimum absolute atomic E-state index is 0.531. The zero-order valence-corrected chi connectivity index (χ0v) is 18.8. The number of benzene rings is 1. The fraction of sp³-hybridized carbons (Fsp3) is 0.308. The molecule has 1 unspecified atom stereocenters. The van der Waals surface area contributed by atoms with E-state index >= 15 is 0 Å². The summed E-state index contributed by atoms with van der Waals surface area (Å²) in [5.41, 5.74) is 5.00. The Bertz CT molecular complexity index is 912. The van der Waals surface area contributed by atoms with Crippen LogP contribution < -0.4 is 14.5 Å². The molecule has 0 bridgehead atoms. The quantitative estimate of drug-likeness (QED) is 0.211. The van der Waals surface area contributed by atoms with Crippen molar-refractivity contribution in [1.82, 2.24) is 0 Å². The lowest BCUT2D eigenvalue weighted by Gasteiger charge is -2.19. The number of allylic oxidation sites excluding steroid dienone is 2. The first-order valence-corrected chi connectivity index (χ1v) is 11.3. The topological polar surface area (TPSA) is 21.1 Å². The van der Waals surface area contributed by atoms with Crippen molar-refractivity contribution < 1.29 is 9.56 Å². The largest absolute Gasteiger partial charge is 0.371 e. The maximum absolute atomic E-state index is 4.24. The maximum atomic E-state index is 4.24. The lowest BCUT2D eigenvalue weighted by atomic mass is 9.98. The van der Waals surface area contributed by atoms with Gasteiger partial charge in [0.2, 0.25) is 5.69 Å². The van der Waals surface area contributed by atoms with Gasteiger partial charge in [-0.25, -0.2) is 9.56 Å². The van der Waals surface area contributed by atoms with Crippen LogP contribution in [0.2, 0.25) is 0 Å². The summed E-state index contributed by atoms with van der Waals surface area (Å²) in [5, 5.41) is 0. The van der Waals surface area contributed by atoms with Crippen molar-refractivity contribution in [1.29, 1.82) is 0 Å². The van der Waals surface area contributed by atoms with Crippen LogP contribution >= 0.6 is 12.6 Å². The van der Waals surface area contributed by atoms with Gasteiger partial charge in [-0.3, -0.25) is 0 Å². The highest BCUT2D eigenvalue weighted by molar-refractivity contribution is 7.80. The van der Waals surface area contributed by atoms with Gasteiger partial charge in [0.05, 0.1) is 0 Å². The van der Waals surface area contributed by atoms with E-state index in [1.807, 2.05) is 12.1 Å². The van der Waals surface area contributed by atoms with Crippen molar-refractivity contribution in [2.24, 2.45) is 13.0 Å². The third-order valence-corrected chi connectivity index (χ3v) is 5.88. The third kappa shape index (κ3) is 6.20. The van der Waals surface area contributed by atoms with E-state index in [4.69, 9.17) is 0 Å². The van der Waals surface area contributed by atoms with E-state index in [1.54, 1.807) is 0 Å². The molecule has 4 heteroatoms. The lowest BCUT2D eigenvalue weighted by Crippen LogP contribution is -2.68. The van der Waals surface area contributed by atoms with Crippen molar-refractivity contribution in [2.45, 2.75) is 12.8 Å². The average Bonchev–Trinajstić information content (AvgIpc) is 3.26. The van der Waals surface area contributed by atoms with Crippen LogP contribution in [-0.4, -0.2) is 31.6 Å². The van der Waals surface area contributed by atoms with Gasteiger partial charge in [0, 0.05) is 55.4 Å². The number of nitrogens with zero attached hydrogens (tertiary/aromatic N) is 2. The fourth-order valence-electron chi connectivity index (χ4n) is 3.74. The van der Waals surface area contributed by atoms with Crippen molar-refractivity contribution in [3.8, 4) is 0 Å². The molecule has 0 saturated carbocycles. The Morgan fingerprint density at radius 1 is 1.23 bits per heavy atom. The molecule has 0 spiro atoms. The number of nitrogens with one attached hydrogen (secondary N) is 1. The molecule has 3 rings (SSSR count). The monoisotopic (exact) mass is 419 g/mol. The van der Waals surface area contributed by atoms with Gasteiger partial charge in [-0.15, -0.1) is 0 Å². The van der Waals surface area contributed by atoms with Crippen molar-refractivity contribution >= 4 is 36.7 Å². The van der Waals surface area contributed by atoms with Crippen LogP contribution in [0.5, 0.6) is 0 Å². The van der Waals surface area contributed by atoms with Crippen LogP contribution in [0.3, 0.4) is 0 Å². The molecule has 1 aromatic carbocycles. The minimum Gasteiger partial charge on any atom is -0.371 e. The van der Waals surface area contributed by atoms with Crippen LogP contribution in [0.1, 0.15) is 24.1 Å². The molecule has 1 fully saturated rings. The van der Waals surface area contributed by atoms with Gasteiger partial charge in [0.15, 0.2) is 12.4 Å². The molecule has 1 atom stereocenters. The highest BCUT2D eigenvalue weighted by atomic mass is 32.1. The maximum Gasteiger partial charge on any atom is 0.204 e. The number of anilines is 1. The highest BCUT2D eigenvalue weighted by Gasteiger charge is 2.24. The molecule has 0 radical (unpaired) electrons. The first-order valence-electron chi connectivity index (χ1n) is 10.7. The second kappa shape index (κ2) is 11.6. The van der Waals surface area contributed by atoms with Gasteiger partial charge in [-0.1, -0.05) is 24.8 Å². The Morgan fingerprint density at radius 2 is 2.07 bits per heavy atom. The molecule has 2 aromatic rings. The molecule has 0 aliphatic carbocycles. The Labute approximate surface area is 186 Å². The molecule has 0 amide bonds. The summed E-state index contributed by atoms with van der Waals surface area (Å²) in [5.74, 6) is 1.44. The number of hydrogen-bond acceptors (Lipinski definition) is 2. The molecular formula is C26H33N3S+2. The van der Waals surface area contributed by atoms with Crippen LogP contribution in [0.25, 0.3) is 12.2 Å². The summed E-state index contributed by atoms with van der Waals surface area (Å²) in [6.07, 6.45) is 14.9. The molecule has 1 N–H and O–H groups in total. The van der Waals surface area contributed by atoms with Crippen LogP contribution in [0.4, 0.5) is 5.69 Å². The van der Waals surface area contributed by atoms with Gasteiger partial charge in [-0.2, -0.15) is 12.6 Å². The van der Waals surface area contributed by atoms with E-state index in [0.29, 0.717) is 5.92 Å². The number of thiol groups is 1. The van der Waals surface area contributed by atoms with E-state index in [-0.39, 0.29) is 0 Å². The molecule has 30 heavy (non-hydrogen) atoms. The van der Waals surface area contributed by atoms with Gasteiger partial charge < -0.3 is 4.90 Å². The number of hydrogen-bond donors (Lipinski definition) is 2. The second-order valence-corrected chi connectivity index (χ2v) is 8.11. The van der Waals surface area contributed by atoms with E-state index < -0.39 is 0 Å². The van der Waals surface area contributed by atoms with Gasteiger partial charge >= 0.3 is 0 Å². The van der Waals surface area contributed by atoms with E-state index in [0.717, 1.165) is 38.2 Å². The molecule has 3 nitrogen and oxygen atoms in total. The summed E-state index contributed by atoms with van der Waals surface area (Å²) in [4.78, 5) is 5.80. The third-order valence-electron chi connectivity index (χ3n) is 5.57. The van der Waals surface area contributed by atoms with E-state index in [2.05, 4.69) is 108 Å². The van der Waals surface area contributed by atoms with Gasteiger partial charge in [0.25, 0.3) is 0 Å². The first kappa shape index (κ1) is 22.1. The zero-order chi connectivity index (χ0) is 21.2. The molecule has 1 saturated heterocycles. The normalized spacial score (nSPS) is 17.3. The Hall–Kier alpha value is -2.59. The fourth-order valence-corrected chi connectivity index (χ4v) is 3.90. The summed E-state index contributed by atoms with van der Waals surface area (Å²) in [6, 6.07) is 15.1. The van der Waals surface area contributed by atoms with Crippen LogP contribution in [0.15, 0.2) is 73.0 Å². The van der Waals surface area contributed by atoms with E-state index in [1.165, 1.54) is 22.5 Å².